The lowest BCUT2D eigenvalue weighted by Crippen LogP contribution is -2.55. The highest BCUT2D eigenvalue weighted by molar-refractivity contribution is 5.95. The summed E-state index contributed by atoms with van der Waals surface area (Å²) in [4.78, 5) is 31.3. The van der Waals surface area contributed by atoms with E-state index >= 15 is 0 Å². The zero-order valence-corrected chi connectivity index (χ0v) is 15.0. The van der Waals surface area contributed by atoms with Gasteiger partial charge in [0.25, 0.3) is 11.8 Å². The molecule has 1 fully saturated rings. The molecule has 1 aliphatic rings. The number of carbonyl (C=O) groups is 2. The van der Waals surface area contributed by atoms with Crippen LogP contribution in [0.1, 0.15) is 38.9 Å². The van der Waals surface area contributed by atoms with Crippen LogP contribution in [0.15, 0.2) is 24.4 Å². The average molecular weight is 361 g/mol. The predicted molar refractivity (Wildman–Crippen MR) is 93.0 cm³/mol. The minimum atomic E-state index is -1.12. The van der Waals surface area contributed by atoms with E-state index in [1.165, 1.54) is 24.0 Å². The number of aromatic amines is 1. The standard InChI is InChI=1S/C19H21F2N3O2/c1-11-8-15(22-9-11)19(26)24-7-6-23(10-13(24)3)18(25)14-5-4-12(2)16(20)17(14)21/h4-5,8-9,13,22H,6-7,10H2,1-3H3. The van der Waals surface area contributed by atoms with Crippen LogP contribution in [-0.2, 0) is 0 Å². The van der Waals surface area contributed by atoms with E-state index in [1.807, 2.05) is 13.8 Å². The highest BCUT2D eigenvalue weighted by atomic mass is 19.2. The second-order valence-corrected chi connectivity index (χ2v) is 6.75. The van der Waals surface area contributed by atoms with Crippen LogP contribution in [0, 0.1) is 25.5 Å². The molecule has 5 nitrogen and oxygen atoms in total. The minimum Gasteiger partial charge on any atom is -0.357 e. The summed E-state index contributed by atoms with van der Waals surface area (Å²) in [6, 6.07) is 4.24. The number of amides is 2. The van der Waals surface area contributed by atoms with E-state index in [2.05, 4.69) is 4.98 Å². The average Bonchev–Trinajstić information content (AvgIpc) is 3.05. The van der Waals surface area contributed by atoms with Crippen molar-refractivity contribution in [3.05, 3.63) is 58.4 Å². The first-order chi connectivity index (χ1) is 12.3. The third kappa shape index (κ3) is 3.21. The molecule has 1 saturated heterocycles. The van der Waals surface area contributed by atoms with E-state index in [4.69, 9.17) is 0 Å². The minimum absolute atomic E-state index is 0.134. The van der Waals surface area contributed by atoms with E-state index in [-0.39, 0.29) is 36.2 Å². The molecule has 0 radical (unpaired) electrons. The van der Waals surface area contributed by atoms with Crippen molar-refractivity contribution in [2.75, 3.05) is 19.6 Å². The van der Waals surface area contributed by atoms with Gasteiger partial charge in [0.05, 0.1) is 5.56 Å². The molecule has 0 bridgehead atoms. The lowest BCUT2D eigenvalue weighted by Gasteiger charge is -2.39. The van der Waals surface area contributed by atoms with Gasteiger partial charge in [-0.25, -0.2) is 8.78 Å². The summed E-state index contributed by atoms with van der Waals surface area (Å²) in [7, 11) is 0. The third-order valence-electron chi connectivity index (χ3n) is 4.74. The first kappa shape index (κ1) is 18.1. The fraction of sp³-hybridized carbons (Fsp3) is 0.368. The van der Waals surface area contributed by atoms with Crippen LogP contribution in [0.4, 0.5) is 8.78 Å². The molecule has 0 saturated carbocycles. The molecule has 1 N–H and O–H groups in total. The molecule has 1 aliphatic heterocycles. The molecule has 26 heavy (non-hydrogen) atoms. The number of hydrogen-bond acceptors (Lipinski definition) is 2. The number of hydrogen-bond donors (Lipinski definition) is 1. The molecule has 1 aromatic carbocycles. The Kier molecular flexibility index (Phi) is 4.80. The lowest BCUT2D eigenvalue weighted by atomic mass is 10.1. The molecule has 7 heteroatoms. The Morgan fingerprint density at radius 3 is 2.46 bits per heavy atom. The van der Waals surface area contributed by atoms with Gasteiger partial charge in [-0.2, -0.15) is 0 Å². The fourth-order valence-corrected chi connectivity index (χ4v) is 3.21. The number of piperazine rings is 1. The van der Waals surface area contributed by atoms with Gasteiger partial charge in [0.1, 0.15) is 5.69 Å². The number of benzene rings is 1. The molecule has 0 aliphatic carbocycles. The number of aromatic nitrogens is 1. The van der Waals surface area contributed by atoms with Crippen LogP contribution in [0.5, 0.6) is 0 Å². The summed E-state index contributed by atoms with van der Waals surface area (Å²) in [5, 5.41) is 0. The van der Waals surface area contributed by atoms with Crippen LogP contribution in [0.2, 0.25) is 0 Å². The van der Waals surface area contributed by atoms with Crippen molar-refractivity contribution >= 4 is 11.8 Å². The molecular formula is C19H21F2N3O2. The van der Waals surface area contributed by atoms with Gasteiger partial charge in [-0.1, -0.05) is 6.07 Å². The van der Waals surface area contributed by atoms with Gasteiger partial charge in [-0.3, -0.25) is 9.59 Å². The van der Waals surface area contributed by atoms with E-state index in [1.54, 1.807) is 17.2 Å². The van der Waals surface area contributed by atoms with Crippen molar-refractivity contribution in [1.82, 2.24) is 14.8 Å². The molecule has 1 unspecified atom stereocenters. The number of halogens is 2. The van der Waals surface area contributed by atoms with Gasteiger partial charge in [0, 0.05) is 31.9 Å². The van der Waals surface area contributed by atoms with Gasteiger partial charge in [0.15, 0.2) is 11.6 Å². The number of rotatable bonds is 2. The Balaban J connectivity index is 1.73. The zero-order chi connectivity index (χ0) is 19.0. The molecule has 138 valence electrons. The molecule has 0 spiro atoms. The molecular weight excluding hydrogens is 340 g/mol. The maximum atomic E-state index is 14.1. The van der Waals surface area contributed by atoms with Crippen molar-refractivity contribution in [2.45, 2.75) is 26.8 Å². The Morgan fingerprint density at radius 2 is 1.85 bits per heavy atom. The maximum Gasteiger partial charge on any atom is 0.270 e. The quantitative estimate of drug-likeness (QED) is 0.894. The summed E-state index contributed by atoms with van der Waals surface area (Å²) in [5.41, 5.74) is 1.34. The first-order valence-electron chi connectivity index (χ1n) is 8.49. The summed E-state index contributed by atoms with van der Waals surface area (Å²) in [5.74, 6) is -2.82. The van der Waals surface area contributed by atoms with Crippen molar-refractivity contribution in [2.24, 2.45) is 0 Å². The van der Waals surface area contributed by atoms with Crippen molar-refractivity contribution in [1.29, 1.82) is 0 Å². The number of nitrogens with one attached hydrogen (secondary N) is 1. The van der Waals surface area contributed by atoms with E-state index < -0.39 is 17.5 Å². The van der Waals surface area contributed by atoms with E-state index in [0.717, 1.165) is 5.56 Å². The van der Waals surface area contributed by atoms with E-state index in [9.17, 15) is 18.4 Å². The Morgan fingerprint density at radius 1 is 1.12 bits per heavy atom. The van der Waals surface area contributed by atoms with Crippen molar-refractivity contribution in [3.8, 4) is 0 Å². The van der Waals surface area contributed by atoms with Gasteiger partial charge < -0.3 is 14.8 Å². The van der Waals surface area contributed by atoms with Crippen LogP contribution >= 0.6 is 0 Å². The molecule has 1 atom stereocenters. The zero-order valence-electron chi connectivity index (χ0n) is 15.0. The summed E-state index contributed by atoms with van der Waals surface area (Å²) in [6.45, 7) is 6.03. The molecule has 1 aromatic heterocycles. The normalized spacial score (nSPS) is 17.5. The van der Waals surface area contributed by atoms with Gasteiger partial charge in [-0.15, -0.1) is 0 Å². The SMILES string of the molecule is Cc1c[nH]c(C(=O)N2CCN(C(=O)c3ccc(C)c(F)c3F)CC2C)c1. The molecule has 2 aromatic rings. The second kappa shape index (κ2) is 6.90. The number of aryl methyl sites for hydroxylation is 2. The Bertz CT molecular complexity index is 862. The maximum absolute atomic E-state index is 14.1. The number of nitrogens with zero attached hydrogens (tertiary/aromatic N) is 2. The summed E-state index contributed by atoms with van der Waals surface area (Å²) in [6.07, 6.45) is 1.76. The number of carbonyl (C=O) groups excluding carboxylic acids is 2. The van der Waals surface area contributed by atoms with Crippen LogP contribution in [0.25, 0.3) is 0 Å². The van der Waals surface area contributed by atoms with Crippen LogP contribution in [0.3, 0.4) is 0 Å². The topological polar surface area (TPSA) is 56.4 Å². The molecule has 3 rings (SSSR count). The molecule has 2 heterocycles. The van der Waals surface area contributed by atoms with E-state index in [0.29, 0.717) is 12.2 Å². The lowest BCUT2D eigenvalue weighted by molar-refractivity contribution is 0.0408. The largest absolute Gasteiger partial charge is 0.357 e. The van der Waals surface area contributed by atoms with Crippen molar-refractivity contribution in [3.63, 3.8) is 0 Å². The Hall–Kier alpha value is -2.70. The summed E-state index contributed by atoms with van der Waals surface area (Å²) < 4.78 is 27.9. The predicted octanol–water partition coefficient (Wildman–Crippen LogP) is 2.90. The second-order valence-electron chi connectivity index (χ2n) is 6.75. The smallest absolute Gasteiger partial charge is 0.270 e. The fourth-order valence-electron chi connectivity index (χ4n) is 3.21. The van der Waals surface area contributed by atoms with Gasteiger partial charge in [0.2, 0.25) is 0 Å². The number of H-pyrrole nitrogens is 1. The van der Waals surface area contributed by atoms with Crippen LogP contribution < -0.4 is 0 Å². The highest BCUT2D eigenvalue weighted by Crippen LogP contribution is 2.20. The third-order valence-corrected chi connectivity index (χ3v) is 4.74. The first-order valence-corrected chi connectivity index (χ1v) is 8.49. The van der Waals surface area contributed by atoms with Gasteiger partial charge in [-0.05, 0) is 44.0 Å². The molecule has 2 amide bonds. The van der Waals surface area contributed by atoms with Gasteiger partial charge >= 0.3 is 0 Å². The monoisotopic (exact) mass is 361 g/mol. The highest BCUT2D eigenvalue weighted by Gasteiger charge is 2.32. The van der Waals surface area contributed by atoms with Crippen molar-refractivity contribution < 1.29 is 18.4 Å². The Labute approximate surface area is 150 Å². The summed E-state index contributed by atoms with van der Waals surface area (Å²) >= 11 is 0. The van der Waals surface area contributed by atoms with Crippen LogP contribution in [-0.4, -0.2) is 52.3 Å².